The lowest BCUT2D eigenvalue weighted by molar-refractivity contribution is 0.592. The van der Waals surface area contributed by atoms with Crippen LogP contribution in [0, 0.1) is 0 Å². The molecule has 0 bridgehead atoms. The topological polar surface area (TPSA) is 70.6 Å². The summed E-state index contributed by atoms with van der Waals surface area (Å²) >= 11 is 0. The summed E-state index contributed by atoms with van der Waals surface area (Å²) in [4.78, 5) is 4.56. The van der Waals surface area contributed by atoms with Crippen LogP contribution in [0.1, 0.15) is 24.9 Å². The molecule has 0 aliphatic heterocycles. The first-order chi connectivity index (χ1) is 12.0. The number of sulfone groups is 1. The molecule has 0 amide bonds. The molecule has 0 saturated carbocycles. The molecular formula is C19H25N3O2S. The number of benzene rings is 2. The lowest BCUT2D eigenvalue weighted by atomic mass is 10.1. The zero-order chi connectivity index (χ0) is 18.1. The minimum atomic E-state index is -3.23. The highest BCUT2D eigenvalue weighted by Gasteiger charge is 2.13. The van der Waals surface area contributed by atoms with Gasteiger partial charge < -0.3 is 10.6 Å². The van der Waals surface area contributed by atoms with E-state index in [1.807, 2.05) is 24.3 Å². The van der Waals surface area contributed by atoms with Gasteiger partial charge in [-0.3, -0.25) is 4.99 Å². The Hall–Kier alpha value is -2.34. The molecule has 0 aromatic heterocycles. The molecule has 0 saturated heterocycles. The lowest BCUT2D eigenvalue weighted by Crippen LogP contribution is -2.39. The molecule has 1 atom stereocenters. The van der Waals surface area contributed by atoms with Crippen LogP contribution in [0.25, 0.3) is 0 Å². The van der Waals surface area contributed by atoms with Gasteiger partial charge in [-0.05, 0) is 31.0 Å². The Balaban J connectivity index is 1.80. The van der Waals surface area contributed by atoms with Crippen LogP contribution < -0.4 is 10.6 Å². The highest BCUT2D eigenvalue weighted by molar-refractivity contribution is 7.91. The van der Waals surface area contributed by atoms with E-state index in [0.29, 0.717) is 23.8 Å². The average molecular weight is 359 g/mol. The van der Waals surface area contributed by atoms with Crippen LogP contribution in [0.4, 0.5) is 0 Å². The number of nitrogens with one attached hydrogen (secondary N) is 2. The largest absolute Gasteiger partial charge is 0.356 e. The summed E-state index contributed by atoms with van der Waals surface area (Å²) in [6.07, 6.45) is 0.512. The molecule has 0 aliphatic carbocycles. The van der Waals surface area contributed by atoms with Crippen molar-refractivity contribution < 1.29 is 8.42 Å². The van der Waals surface area contributed by atoms with Crippen LogP contribution in [0.3, 0.4) is 0 Å². The Bertz CT molecular complexity index is 775. The van der Waals surface area contributed by atoms with E-state index in [1.165, 1.54) is 0 Å². The van der Waals surface area contributed by atoms with Crippen molar-refractivity contribution in [3.8, 4) is 0 Å². The van der Waals surface area contributed by atoms with Gasteiger partial charge in [-0.1, -0.05) is 48.5 Å². The van der Waals surface area contributed by atoms with Crippen LogP contribution in [0.5, 0.6) is 0 Å². The van der Waals surface area contributed by atoms with Crippen molar-refractivity contribution >= 4 is 15.8 Å². The molecule has 0 aliphatic rings. The number of rotatable bonds is 7. The number of hydrogen-bond acceptors (Lipinski definition) is 3. The Kier molecular flexibility index (Phi) is 7.01. The fourth-order valence-corrected chi connectivity index (χ4v) is 3.77. The van der Waals surface area contributed by atoms with E-state index >= 15 is 0 Å². The maximum absolute atomic E-state index is 12.2. The smallest absolute Gasteiger partial charge is 0.191 e. The van der Waals surface area contributed by atoms with E-state index in [2.05, 4.69) is 34.7 Å². The summed E-state index contributed by atoms with van der Waals surface area (Å²) in [5, 5.41) is 6.47. The lowest BCUT2D eigenvalue weighted by Gasteiger charge is -2.18. The Morgan fingerprint density at radius 1 is 1.04 bits per heavy atom. The average Bonchev–Trinajstić information content (AvgIpc) is 2.65. The molecule has 1 unspecified atom stereocenters. The summed E-state index contributed by atoms with van der Waals surface area (Å²) in [6.45, 7) is 2.59. The number of nitrogens with zero attached hydrogens (tertiary/aromatic N) is 1. The minimum absolute atomic E-state index is 0.106. The number of hydrogen-bond donors (Lipinski definition) is 2. The summed E-state index contributed by atoms with van der Waals surface area (Å²) < 4.78 is 24.5. The third kappa shape index (κ3) is 5.90. The quantitative estimate of drug-likeness (QED) is 0.453. The molecule has 6 heteroatoms. The molecule has 2 aromatic rings. The molecule has 0 heterocycles. The summed E-state index contributed by atoms with van der Waals surface area (Å²) in [5.41, 5.74) is 1.16. The van der Waals surface area contributed by atoms with Crippen molar-refractivity contribution in [3.63, 3.8) is 0 Å². The van der Waals surface area contributed by atoms with Crippen molar-refractivity contribution in [2.75, 3.05) is 19.3 Å². The maximum Gasteiger partial charge on any atom is 0.191 e. The van der Waals surface area contributed by atoms with Gasteiger partial charge in [0.2, 0.25) is 0 Å². The van der Waals surface area contributed by atoms with E-state index in [9.17, 15) is 8.42 Å². The summed E-state index contributed by atoms with van der Waals surface area (Å²) in [6, 6.07) is 18.7. The van der Waals surface area contributed by atoms with Crippen LogP contribution in [-0.4, -0.2) is 33.7 Å². The zero-order valence-electron chi connectivity index (χ0n) is 14.6. The third-order valence-electron chi connectivity index (χ3n) is 3.86. The first kappa shape index (κ1) is 19.0. The molecule has 0 radical (unpaired) electrons. The molecule has 2 N–H and O–H groups in total. The van der Waals surface area contributed by atoms with E-state index in [1.54, 1.807) is 31.3 Å². The second kappa shape index (κ2) is 9.22. The van der Waals surface area contributed by atoms with Gasteiger partial charge in [-0.2, -0.15) is 0 Å². The van der Waals surface area contributed by atoms with Crippen molar-refractivity contribution in [2.45, 2.75) is 24.3 Å². The second-order valence-corrected chi connectivity index (χ2v) is 7.87. The van der Waals surface area contributed by atoms with E-state index in [-0.39, 0.29) is 11.8 Å². The molecule has 0 fully saturated rings. The fraction of sp³-hybridized carbons (Fsp3) is 0.316. The molecular weight excluding hydrogens is 334 g/mol. The first-order valence-corrected chi connectivity index (χ1v) is 9.98. The van der Waals surface area contributed by atoms with Gasteiger partial charge in [0.05, 0.1) is 16.7 Å². The maximum atomic E-state index is 12.2. The fourth-order valence-electron chi connectivity index (χ4n) is 2.44. The highest BCUT2D eigenvalue weighted by atomic mass is 32.2. The standard InChI is InChI=1S/C19H25N3O2S/c1-16(17-10-5-3-6-11-17)22-19(20-2)21-14-9-15-25(23,24)18-12-7-4-8-13-18/h3-8,10-13,16H,9,14-15H2,1-2H3,(H2,20,21,22). The number of guanidine groups is 1. The molecule has 2 aromatic carbocycles. The van der Waals surface area contributed by atoms with Crippen molar-refractivity contribution in [3.05, 3.63) is 66.2 Å². The van der Waals surface area contributed by atoms with Crippen LogP contribution >= 0.6 is 0 Å². The molecule has 0 spiro atoms. The van der Waals surface area contributed by atoms with Gasteiger partial charge in [-0.25, -0.2) is 8.42 Å². The number of aliphatic imine (C=N–C) groups is 1. The van der Waals surface area contributed by atoms with Gasteiger partial charge in [0, 0.05) is 13.6 Å². The predicted molar refractivity (Wildman–Crippen MR) is 102 cm³/mol. The van der Waals surface area contributed by atoms with Gasteiger partial charge >= 0.3 is 0 Å². The van der Waals surface area contributed by atoms with E-state index in [4.69, 9.17) is 0 Å². The zero-order valence-corrected chi connectivity index (χ0v) is 15.5. The first-order valence-electron chi connectivity index (χ1n) is 8.33. The predicted octanol–water partition coefficient (Wildman–Crippen LogP) is 2.78. The van der Waals surface area contributed by atoms with Crippen molar-refractivity contribution in [2.24, 2.45) is 4.99 Å². The van der Waals surface area contributed by atoms with Gasteiger partial charge in [0.25, 0.3) is 0 Å². The van der Waals surface area contributed by atoms with Gasteiger partial charge in [0.15, 0.2) is 15.8 Å². The van der Waals surface area contributed by atoms with Crippen molar-refractivity contribution in [1.82, 2.24) is 10.6 Å². The third-order valence-corrected chi connectivity index (χ3v) is 5.68. The van der Waals surface area contributed by atoms with Crippen molar-refractivity contribution in [1.29, 1.82) is 0 Å². The van der Waals surface area contributed by atoms with Crippen LogP contribution in [0.15, 0.2) is 70.6 Å². The van der Waals surface area contributed by atoms with E-state index < -0.39 is 9.84 Å². The second-order valence-electron chi connectivity index (χ2n) is 5.76. The Morgan fingerprint density at radius 2 is 1.64 bits per heavy atom. The summed E-state index contributed by atoms with van der Waals surface area (Å²) in [7, 11) is -1.53. The van der Waals surface area contributed by atoms with Gasteiger partial charge in [0.1, 0.15) is 0 Å². The van der Waals surface area contributed by atoms with Gasteiger partial charge in [-0.15, -0.1) is 0 Å². The normalized spacial score (nSPS) is 13.3. The Labute approximate surface area is 150 Å². The summed E-state index contributed by atoms with van der Waals surface area (Å²) in [5.74, 6) is 0.767. The monoisotopic (exact) mass is 359 g/mol. The Morgan fingerprint density at radius 3 is 2.24 bits per heavy atom. The highest BCUT2D eigenvalue weighted by Crippen LogP contribution is 2.11. The molecule has 5 nitrogen and oxygen atoms in total. The van der Waals surface area contributed by atoms with Crippen LogP contribution in [-0.2, 0) is 9.84 Å². The van der Waals surface area contributed by atoms with E-state index in [0.717, 1.165) is 5.56 Å². The molecule has 2 rings (SSSR count). The minimum Gasteiger partial charge on any atom is -0.356 e. The molecule has 25 heavy (non-hydrogen) atoms. The van der Waals surface area contributed by atoms with Crippen LogP contribution in [0.2, 0.25) is 0 Å². The SMILES string of the molecule is CN=C(NCCCS(=O)(=O)c1ccccc1)NC(C)c1ccccc1. The molecule has 134 valence electrons.